The third-order valence-corrected chi connectivity index (χ3v) is 2.93. The van der Waals surface area contributed by atoms with Crippen LogP contribution in [0.5, 0.6) is 0 Å². The van der Waals surface area contributed by atoms with Gasteiger partial charge in [-0.25, -0.2) is 4.98 Å². The van der Waals surface area contributed by atoms with Crippen LogP contribution in [-0.4, -0.2) is 9.97 Å². The zero-order valence-electron chi connectivity index (χ0n) is 7.84. The Labute approximate surface area is 86.6 Å². The number of hydrogen-bond donors (Lipinski definition) is 1. The van der Waals surface area contributed by atoms with Crippen molar-refractivity contribution in [1.29, 1.82) is 0 Å². The molecule has 72 valence electrons. The molecule has 0 bridgehead atoms. The molecule has 2 rings (SSSR count). The van der Waals surface area contributed by atoms with Gasteiger partial charge in [0, 0.05) is 23.3 Å². The number of thiazole rings is 1. The highest BCUT2D eigenvalue weighted by Crippen LogP contribution is 2.23. The van der Waals surface area contributed by atoms with Crippen LogP contribution in [0.15, 0.2) is 29.9 Å². The average Bonchev–Trinajstić information content (AvgIpc) is 2.68. The van der Waals surface area contributed by atoms with E-state index < -0.39 is 0 Å². The first-order valence-electron chi connectivity index (χ1n) is 4.39. The van der Waals surface area contributed by atoms with Crippen LogP contribution in [0.3, 0.4) is 0 Å². The second-order valence-corrected chi connectivity index (χ2v) is 3.99. The molecule has 2 aromatic heterocycles. The molecule has 0 aliphatic carbocycles. The molecule has 0 spiro atoms. The molecule has 2 heterocycles. The molecule has 3 nitrogen and oxygen atoms in total. The largest absolute Gasteiger partial charge is 0.322 e. The molecule has 0 unspecified atom stereocenters. The number of nitrogens with two attached hydrogens (primary N) is 1. The lowest BCUT2D eigenvalue weighted by Crippen LogP contribution is -2.03. The second-order valence-electron chi connectivity index (χ2n) is 3.10. The van der Waals surface area contributed by atoms with E-state index in [4.69, 9.17) is 5.73 Å². The van der Waals surface area contributed by atoms with E-state index in [9.17, 15) is 0 Å². The van der Waals surface area contributed by atoms with Crippen molar-refractivity contribution in [2.75, 3.05) is 0 Å². The maximum atomic E-state index is 5.74. The maximum absolute atomic E-state index is 5.74. The highest BCUT2D eigenvalue weighted by atomic mass is 32.1. The van der Waals surface area contributed by atoms with E-state index in [2.05, 4.69) is 9.97 Å². The van der Waals surface area contributed by atoms with Crippen LogP contribution in [0.25, 0.3) is 11.3 Å². The highest BCUT2D eigenvalue weighted by Gasteiger charge is 2.06. The van der Waals surface area contributed by atoms with Gasteiger partial charge in [0.05, 0.1) is 11.7 Å². The van der Waals surface area contributed by atoms with Crippen molar-refractivity contribution in [3.05, 3.63) is 34.9 Å². The van der Waals surface area contributed by atoms with E-state index in [0.717, 1.165) is 16.3 Å². The van der Waals surface area contributed by atoms with Crippen molar-refractivity contribution in [1.82, 2.24) is 9.97 Å². The molecule has 14 heavy (non-hydrogen) atoms. The van der Waals surface area contributed by atoms with Crippen molar-refractivity contribution in [3.63, 3.8) is 0 Å². The molecule has 0 aliphatic rings. The van der Waals surface area contributed by atoms with E-state index >= 15 is 0 Å². The summed E-state index contributed by atoms with van der Waals surface area (Å²) in [5.74, 6) is 0. The van der Waals surface area contributed by atoms with E-state index in [-0.39, 0.29) is 6.04 Å². The molecular weight excluding hydrogens is 194 g/mol. The number of pyridine rings is 1. The lowest BCUT2D eigenvalue weighted by molar-refractivity contribution is 0.808. The van der Waals surface area contributed by atoms with Gasteiger partial charge in [-0.05, 0) is 19.1 Å². The second kappa shape index (κ2) is 3.86. The monoisotopic (exact) mass is 205 g/mol. The number of rotatable bonds is 2. The normalized spacial score (nSPS) is 12.7. The molecule has 2 N–H and O–H groups in total. The fourth-order valence-corrected chi connectivity index (χ4v) is 1.94. The first-order chi connectivity index (χ1) is 6.77. The summed E-state index contributed by atoms with van der Waals surface area (Å²) in [6.07, 6.45) is 3.53. The average molecular weight is 205 g/mol. The van der Waals surface area contributed by atoms with Gasteiger partial charge in [0.15, 0.2) is 0 Å². The summed E-state index contributed by atoms with van der Waals surface area (Å²) in [5.41, 5.74) is 7.80. The SMILES string of the molecule is C[C@H](N)c1nc(-c2ccncc2)cs1. The van der Waals surface area contributed by atoms with Gasteiger partial charge in [-0.2, -0.15) is 0 Å². The smallest absolute Gasteiger partial charge is 0.110 e. The standard InChI is InChI=1S/C10H11N3S/c1-7(11)10-13-9(6-14-10)8-2-4-12-5-3-8/h2-7H,11H2,1H3/t7-/m0/s1. The van der Waals surface area contributed by atoms with Crippen LogP contribution in [0.4, 0.5) is 0 Å². The van der Waals surface area contributed by atoms with Gasteiger partial charge < -0.3 is 5.73 Å². The van der Waals surface area contributed by atoms with Gasteiger partial charge in [-0.3, -0.25) is 4.98 Å². The minimum Gasteiger partial charge on any atom is -0.322 e. The minimum atomic E-state index is 0.00980. The van der Waals surface area contributed by atoms with Crippen LogP contribution in [0.1, 0.15) is 18.0 Å². The number of hydrogen-bond acceptors (Lipinski definition) is 4. The van der Waals surface area contributed by atoms with E-state index in [1.54, 1.807) is 23.7 Å². The summed E-state index contributed by atoms with van der Waals surface area (Å²) >= 11 is 1.60. The molecule has 0 saturated carbocycles. The van der Waals surface area contributed by atoms with E-state index in [1.807, 2.05) is 24.4 Å². The molecule has 0 fully saturated rings. The first kappa shape index (κ1) is 9.30. The topological polar surface area (TPSA) is 51.8 Å². The molecule has 4 heteroatoms. The Hall–Kier alpha value is -1.26. The lowest BCUT2D eigenvalue weighted by atomic mass is 10.2. The summed E-state index contributed by atoms with van der Waals surface area (Å²) in [6.45, 7) is 1.94. The summed E-state index contributed by atoms with van der Waals surface area (Å²) in [5, 5.41) is 2.99. The van der Waals surface area contributed by atoms with Crippen LogP contribution in [0, 0.1) is 0 Å². The Morgan fingerprint density at radius 2 is 2.07 bits per heavy atom. The molecule has 0 amide bonds. The van der Waals surface area contributed by atoms with Crippen LogP contribution < -0.4 is 5.73 Å². The van der Waals surface area contributed by atoms with Gasteiger partial charge in [0.1, 0.15) is 5.01 Å². The lowest BCUT2D eigenvalue weighted by Gasteiger charge is -1.97. The fraction of sp³-hybridized carbons (Fsp3) is 0.200. The molecule has 0 aliphatic heterocycles. The van der Waals surface area contributed by atoms with Crippen LogP contribution in [-0.2, 0) is 0 Å². The predicted octanol–water partition coefficient (Wildman–Crippen LogP) is 2.22. The summed E-state index contributed by atoms with van der Waals surface area (Å²) < 4.78 is 0. The van der Waals surface area contributed by atoms with E-state index in [0.29, 0.717) is 0 Å². The van der Waals surface area contributed by atoms with Crippen LogP contribution >= 0.6 is 11.3 Å². The summed E-state index contributed by atoms with van der Waals surface area (Å²) in [7, 11) is 0. The molecule has 0 radical (unpaired) electrons. The zero-order valence-corrected chi connectivity index (χ0v) is 8.66. The van der Waals surface area contributed by atoms with Crippen molar-refractivity contribution in [2.24, 2.45) is 5.73 Å². The molecule has 0 aromatic carbocycles. The third kappa shape index (κ3) is 1.81. The zero-order chi connectivity index (χ0) is 9.97. The van der Waals surface area contributed by atoms with Gasteiger partial charge >= 0.3 is 0 Å². The predicted molar refractivity (Wildman–Crippen MR) is 57.9 cm³/mol. The maximum Gasteiger partial charge on any atom is 0.110 e. The van der Waals surface area contributed by atoms with E-state index in [1.165, 1.54) is 0 Å². The third-order valence-electron chi connectivity index (χ3n) is 1.89. The Balaban J connectivity index is 2.34. The number of nitrogens with zero attached hydrogens (tertiary/aromatic N) is 2. The van der Waals surface area contributed by atoms with Crippen molar-refractivity contribution < 1.29 is 0 Å². The van der Waals surface area contributed by atoms with Crippen molar-refractivity contribution in [2.45, 2.75) is 13.0 Å². The van der Waals surface area contributed by atoms with Crippen molar-refractivity contribution >= 4 is 11.3 Å². The van der Waals surface area contributed by atoms with Gasteiger partial charge in [0.25, 0.3) is 0 Å². The molecule has 0 saturated heterocycles. The van der Waals surface area contributed by atoms with Gasteiger partial charge in [0.2, 0.25) is 0 Å². The first-order valence-corrected chi connectivity index (χ1v) is 5.27. The molecule has 1 atom stereocenters. The Bertz CT molecular complexity index is 408. The Morgan fingerprint density at radius 1 is 1.36 bits per heavy atom. The molecule has 2 aromatic rings. The van der Waals surface area contributed by atoms with Gasteiger partial charge in [-0.1, -0.05) is 0 Å². The quantitative estimate of drug-likeness (QED) is 0.818. The Morgan fingerprint density at radius 3 is 2.64 bits per heavy atom. The summed E-state index contributed by atoms with van der Waals surface area (Å²) in [6, 6.07) is 3.90. The van der Waals surface area contributed by atoms with Gasteiger partial charge in [-0.15, -0.1) is 11.3 Å². The highest BCUT2D eigenvalue weighted by molar-refractivity contribution is 7.10. The fourth-order valence-electron chi connectivity index (χ4n) is 1.15. The Kier molecular flexibility index (Phi) is 2.56. The summed E-state index contributed by atoms with van der Waals surface area (Å²) in [4.78, 5) is 8.41. The van der Waals surface area contributed by atoms with Crippen LogP contribution in [0.2, 0.25) is 0 Å². The number of aromatic nitrogens is 2. The molecular formula is C10H11N3S. The van der Waals surface area contributed by atoms with Crippen molar-refractivity contribution in [3.8, 4) is 11.3 Å². The minimum absolute atomic E-state index is 0.00980.